The van der Waals surface area contributed by atoms with Crippen molar-refractivity contribution in [2.75, 3.05) is 0 Å². The van der Waals surface area contributed by atoms with Gasteiger partial charge in [-0.3, -0.25) is 0 Å². The maximum absolute atomic E-state index is 6.64. The summed E-state index contributed by atoms with van der Waals surface area (Å²) >= 11 is 4.02. The van der Waals surface area contributed by atoms with Crippen LogP contribution < -0.4 is 0 Å². The number of fused-ring (bicyclic) bond motifs is 32. The summed E-state index contributed by atoms with van der Waals surface area (Å²) in [6.45, 7) is 4.64. The Balaban J connectivity index is 0.000000114. The van der Waals surface area contributed by atoms with Crippen molar-refractivity contribution in [2.24, 2.45) is 0 Å². The summed E-state index contributed by atoms with van der Waals surface area (Å²) in [6.07, 6.45) is 0.828. The Labute approximate surface area is 510 Å². The fourth-order valence-electron chi connectivity index (χ4n) is 18.5. The van der Waals surface area contributed by atoms with Crippen LogP contribution in [0.25, 0.3) is 171 Å². The molecule has 88 heavy (non-hydrogen) atoms. The fraction of sp³-hybridized carbons (Fsp3) is 0.0976. The molecular weight excluding hydrogens is 1110 g/mol. The molecule has 3 aliphatic heterocycles. The Bertz CT molecular complexity index is 6370. The summed E-state index contributed by atoms with van der Waals surface area (Å²) in [5, 5.41) is 27.4. The standard InChI is InChI=1S/C41H22O3S.C41H22S.H2O/c1-15-25-30(19-9-4-5-10-20(19)34-37(25)42-34)41-33-26(15)38-35(43-38)24-14-23-31(40(45-41)32(24)33)28-21-12-6-11-18-17-8-3-2-7-16(17)13-22(27(18)21)29(28)39-36(23)44-39;1-21-26-16-13-22-7-2-5-10-29(22)38(26)41-39-27(21)17-14-25-19-24-15-18-31-33-20-23-8-3-4-9-28(23)30-11-6-12-32(36(30)33)37(31)34(24)40(42-41)35(25)39;/h2-14,34-39H,1H3;2-20H,1H3;1H2. The van der Waals surface area contributed by atoms with Crippen LogP contribution in [-0.2, 0) is 14.2 Å². The van der Waals surface area contributed by atoms with E-state index < -0.39 is 0 Å². The van der Waals surface area contributed by atoms with E-state index in [4.69, 9.17) is 14.2 Å². The van der Waals surface area contributed by atoms with Crippen LogP contribution >= 0.6 is 22.7 Å². The average molecular weight is 1160 g/mol. The van der Waals surface area contributed by atoms with Crippen LogP contribution in [0.1, 0.15) is 86.2 Å². The summed E-state index contributed by atoms with van der Waals surface area (Å²) in [5.41, 5.74) is 24.8. The first kappa shape index (κ1) is 46.8. The van der Waals surface area contributed by atoms with Gasteiger partial charge in [-0.15, -0.1) is 22.7 Å². The fourth-order valence-corrected chi connectivity index (χ4v) is 21.5. The number of aryl methyl sites for hydroxylation is 1. The van der Waals surface area contributed by atoms with E-state index in [0.717, 1.165) is 0 Å². The van der Waals surface area contributed by atoms with Crippen molar-refractivity contribution >= 4 is 160 Å². The van der Waals surface area contributed by atoms with Gasteiger partial charge in [-0.2, -0.15) is 0 Å². The van der Waals surface area contributed by atoms with E-state index in [1.165, 1.54) is 227 Å². The van der Waals surface area contributed by atoms with Gasteiger partial charge in [-0.1, -0.05) is 170 Å². The zero-order valence-corrected chi connectivity index (χ0v) is 49.1. The predicted molar refractivity (Wildman–Crippen MR) is 366 cm³/mol. The first-order chi connectivity index (χ1) is 43.0. The molecule has 15 aromatic carbocycles. The maximum atomic E-state index is 6.64. The van der Waals surface area contributed by atoms with Gasteiger partial charge in [-0.25, -0.2) is 0 Å². The first-order valence-electron chi connectivity index (χ1n) is 30.8. The van der Waals surface area contributed by atoms with Crippen molar-refractivity contribution in [3.05, 3.63) is 250 Å². The van der Waals surface area contributed by atoms with Gasteiger partial charge in [0.25, 0.3) is 0 Å². The van der Waals surface area contributed by atoms with Crippen LogP contribution in [0.2, 0.25) is 0 Å². The number of thiophene rings is 2. The molecule has 2 aromatic heterocycles. The van der Waals surface area contributed by atoms with Crippen molar-refractivity contribution in [3.63, 3.8) is 0 Å². The molecule has 25 rings (SSSR count). The average Bonchev–Trinajstić information content (AvgIpc) is 1.50. The molecule has 5 heterocycles. The molecule has 410 valence electrons. The van der Waals surface area contributed by atoms with Crippen molar-refractivity contribution in [2.45, 2.75) is 50.5 Å². The molecule has 6 heteroatoms. The lowest BCUT2D eigenvalue weighted by Gasteiger charge is -2.24. The third-order valence-electron chi connectivity index (χ3n) is 22.1. The zero-order valence-electron chi connectivity index (χ0n) is 47.5. The lowest BCUT2D eigenvalue weighted by molar-refractivity contribution is 0.376. The van der Waals surface area contributed by atoms with Gasteiger partial charge >= 0.3 is 0 Å². The molecule has 0 saturated carbocycles. The highest BCUT2D eigenvalue weighted by atomic mass is 32.1. The molecule has 5 aliphatic carbocycles. The largest absolute Gasteiger partial charge is 0.412 e. The van der Waals surface area contributed by atoms with E-state index in [2.05, 4.69) is 208 Å². The summed E-state index contributed by atoms with van der Waals surface area (Å²) in [4.78, 5) is 0. The molecule has 0 amide bonds. The maximum Gasteiger partial charge on any atom is 0.115 e. The summed E-state index contributed by atoms with van der Waals surface area (Å²) in [7, 11) is 0. The zero-order chi connectivity index (χ0) is 55.9. The van der Waals surface area contributed by atoms with Crippen LogP contribution in [0.3, 0.4) is 0 Å². The molecule has 0 radical (unpaired) electrons. The summed E-state index contributed by atoms with van der Waals surface area (Å²) in [6, 6.07) is 73.2. The minimum Gasteiger partial charge on any atom is -0.412 e. The minimum absolute atomic E-state index is 0. The molecule has 0 spiro atoms. The first-order valence-corrected chi connectivity index (χ1v) is 32.4. The second-order valence-electron chi connectivity index (χ2n) is 26.0. The molecule has 3 fully saturated rings. The van der Waals surface area contributed by atoms with E-state index in [1.54, 1.807) is 0 Å². The van der Waals surface area contributed by atoms with Crippen LogP contribution in [0.4, 0.5) is 0 Å². The number of epoxide rings is 3. The van der Waals surface area contributed by atoms with Gasteiger partial charge in [0.05, 0.1) is 0 Å². The lowest BCUT2D eigenvalue weighted by atomic mass is 9.76. The van der Waals surface area contributed by atoms with Crippen LogP contribution in [0.15, 0.2) is 194 Å². The highest BCUT2D eigenvalue weighted by Crippen LogP contribution is 2.71. The molecule has 6 atom stereocenters. The quantitative estimate of drug-likeness (QED) is 0.0863. The van der Waals surface area contributed by atoms with Gasteiger partial charge in [0, 0.05) is 67.8 Å². The number of rotatable bonds is 0. The SMILES string of the molecule is Cc1c2c(c3sc4c5c(cc6c4c3c1C1OC61)C1OC1C1=C5c3cccc4c3c1cc1ccccc14)-c1ccccc1C1OC21.Cc1c2ccc3ccccc3c2c2sc3c4c5c(ccc4cc4ccc1c2c43)-c1cc2ccccc2c2cccc-5c12.O. The molecule has 3 saturated heterocycles. The van der Waals surface area contributed by atoms with Crippen LogP contribution in [-0.4, -0.2) is 11.6 Å². The normalized spacial score (nSPS) is 20.3. The number of ether oxygens (including phenoxy) is 3. The van der Waals surface area contributed by atoms with Crippen LogP contribution in [0.5, 0.6) is 0 Å². The molecule has 8 aliphatic rings. The summed E-state index contributed by atoms with van der Waals surface area (Å²) < 4.78 is 25.3. The minimum atomic E-state index is 0. The van der Waals surface area contributed by atoms with Gasteiger partial charge in [0.1, 0.15) is 36.6 Å². The van der Waals surface area contributed by atoms with Gasteiger partial charge < -0.3 is 19.7 Å². The molecule has 0 bridgehead atoms. The van der Waals surface area contributed by atoms with Crippen molar-refractivity contribution in [1.82, 2.24) is 0 Å². The van der Waals surface area contributed by atoms with E-state index in [1.807, 2.05) is 22.7 Å². The van der Waals surface area contributed by atoms with E-state index in [0.29, 0.717) is 0 Å². The van der Waals surface area contributed by atoms with Crippen molar-refractivity contribution in [1.29, 1.82) is 0 Å². The van der Waals surface area contributed by atoms with Gasteiger partial charge in [0.15, 0.2) is 0 Å². The topological polar surface area (TPSA) is 69.1 Å². The van der Waals surface area contributed by atoms with Crippen molar-refractivity contribution in [3.8, 4) is 33.4 Å². The molecule has 2 N–H and O–H groups in total. The molecular formula is C82H46O4S2. The predicted octanol–water partition coefficient (Wildman–Crippen LogP) is 21.9. The monoisotopic (exact) mass is 1160 g/mol. The van der Waals surface area contributed by atoms with Crippen molar-refractivity contribution < 1.29 is 19.7 Å². The Morgan fingerprint density at radius 3 is 1.68 bits per heavy atom. The Morgan fingerprint density at radius 1 is 0.284 bits per heavy atom. The second kappa shape index (κ2) is 15.5. The molecule has 4 nitrogen and oxygen atoms in total. The Kier molecular flexibility index (Phi) is 8.24. The Hall–Kier alpha value is -9.34. The highest BCUT2D eigenvalue weighted by Gasteiger charge is 2.57. The third kappa shape index (κ3) is 5.30. The van der Waals surface area contributed by atoms with Crippen LogP contribution in [0, 0.1) is 13.8 Å². The molecule has 17 aromatic rings. The van der Waals surface area contributed by atoms with E-state index >= 15 is 0 Å². The number of hydrogen-bond donors (Lipinski definition) is 0. The number of benzene rings is 15. The van der Waals surface area contributed by atoms with E-state index in [9.17, 15) is 0 Å². The Morgan fingerprint density at radius 2 is 0.864 bits per heavy atom. The molecule has 6 unspecified atom stereocenters. The lowest BCUT2D eigenvalue weighted by Crippen LogP contribution is -2.08. The van der Waals surface area contributed by atoms with Gasteiger partial charge in [-0.05, 0) is 197 Å². The van der Waals surface area contributed by atoms with Gasteiger partial charge in [0.2, 0.25) is 0 Å². The highest BCUT2D eigenvalue weighted by molar-refractivity contribution is 7.28. The summed E-state index contributed by atoms with van der Waals surface area (Å²) in [5.74, 6) is 0. The van der Waals surface area contributed by atoms with E-state index in [-0.39, 0.29) is 42.1 Å². The third-order valence-corrected chi connectivity index (χ3v) is 24.6. The number of hydrogen-bond acceptors (Lipinski definition) is 5. The smallest absolute Gasteiger partial charge is 0.115 e. The second-order valence-corrected chi connectivity index (χ2v) is 28.0.